The second-order valence-electron chi connectivity index (χ2n) is 13.4. The van der Waals surface area contributed by atoms with Crippen molar-refractivity contribution in [3.05, 3.63) is 41.5 Å². The Labute approximate surface area is 270 Å². The number of hydrogen-bond donors (Lipinski definition) is 2. The van der Waals surface area contributed by atoms with Gasteiger partial charge in [-0.25, -0.2) is 4.39 Å². The van der Waals surface area contributed by atoms with E-state index in [1.807, 2.05) is 7.05 Å². The van der Waals surface area contributed by atoms with E-state index in [1.54, 1.807) is 24.8 Å². The van der Waals surface area contributed by atoms with Crippen LogP contribution in [-0.2, 0) is 19.2 Å². The molecule has 3 atom stereocenters. The van der Waals surface area contributed by atoms with E-state index >= 15 is 4.39 Å². The normalized spacial score (nSPS) is 22.4. The predicted octanol–water partition coefficient (Wildman–Crippen LogP) is 4.26. The monoisotopic (exact) mass is 638 g/mol. The minimum Gasteiger partial charge on any atom is -0.362 e. The maximum absolute atomic E-state index is 15.7. The van der Waals surface area contributed by atoms with E-state index in [2.05, 4.69) is 27.6 Å². The Bertz CT molecular complexity index is 1400. The van der Waals surface area contributed by atoms with Crippen LogP contribution in [-0.4, -0.2) is 84.4 Å². The summed E-state index contributed by atoms with van der Waals surface area (Å²) in [5.74, 6) is -1.51. The van der Waals surface area contributed by atoms with Crippen LogP contribution in [0, 0.1) is 17.7 Å². The Morgan fingerprint density at radius 1 is 1.11 bits per heavy atom. The van der Waals surface area contributed by atoms with Crippen LogP contribution in [0.15, 0.2) is 29.0 Å². The van der Waals surface area contributed by atoms with E-state index in [1.165, 1.54) is 23.3 Å². The van der Waals surface area contributed by atoms with E-state index in [4.69, 9.17) is 4.52 Å². The highest BCUT2D eigenvalue weighted by atomic mass is 19.1. The van der Waals surface area contributed by atoms with Gasteiger partial charge in [0.15, 0.2) is 0 Å². The second-order valence-corrected chi connectivity index (χ2v) is 13.4. The third-order valence-corrected chi connectivity index (χ3v) is 10.0. The minimum atomic E-state index is -0.866. The molecular formula is C34H47FN6O5. The molecule has 2 N–H and O–H groups in total. The Balaban J connectivity index is 1.36. The van der Waals surface area contributed by atoms with Crippen LogP contribution in [0.2, 0.25) is 0 Å². The van der Waals surface area contributed by atoms with Crippen LogP contribution in [0.4, 0.5) is 15.8 Å². The van der Waals surface area contributed by atoms with Gasteiger partial charge in [-0.1, -0.05) is 44.8 Å². The highest BCUT2D eigenvalue weighted by Gasteiger charge is 2.40. The van der Waals surface area contributed by atoms with Crippen molar-refractivity contribution in [2.45, 2.75) is 89.6 Å². The fourth-order valence-corrected chi connectivity index (χ4v) is 6.73. The van der Waals surface area contributed by atoms with Crippen molar-refractivity contribution in [2.24, 2.45) is 11.8 Å². The molecule has 3 aliphatic rings. The summed E-state index contributed by atoms with van der Waals surface area (Å²) in [6.45, 7) is 8.27. The number of nitrogens with zero attached hydrogens (tertiary/aromatic N) is 4. The number of nitrogens with one attached hydrogen (secondary N) is 2. The van der Waals surface area contributed by atoms with Gasteiger partial charge in [0.25, 0.3) is 0 Å². The molecule has 250 valence electrons. The SMILES string of the molecule is CCC(=O)N[C@@H](C(=O)N1CCN(C)CC1)[C@@H](C)c1ccc(NC(=O)[C@H](C2CCC(C)CC2)N(C=O)c2conc2C2CC2)c(F)c1. The summed E-state index contributed by atoms with van der Waals surface area (Å²) in [5, 5.41) is 9.75. The number of likely N-dealkylation sites (N-methyl/N-ethyl adjacent to an activating group) is 1. The predicted molar refractivity (Wildman–Crippen MR) is 172 cm³/mol. The quantitative estimate of drug-likeness (QED) is 0.333. The summed E-state index contributed by atoms with van der Waals surface area (Å²) < 4.78 is 21.0. The van der Waals surface area contributed by atoms with Gasteiger partial charge in [0.1, 0.15) is 35.5 Å². The number of amides is 4. The van der Waals surface area contributed by atoms with Crippen molar-refractivity contribution in [2.75, 3.05) is 43.4 Å². The number of halogens is 1. The fourth-order valence-electron chi connectivity index (χ4n) is 6.73. The Morgan fingerprint density at radius 2 is 1.80 bits per heavy atom. The van der Waals surface area contributed by atoms with E-state index in [0.717, 1.165) is 51.6 Å². The first-order chi connectivity index (χ1) is 22.1. The molecule has 2 aromatic rings. The van der Waals surface area contributed by atoms with Gasteiger partial charge in [-0.3, -0.25) is 24.1 Å². The third-order valence-electron chi connectivity index (χ3n) is 10.0. The Morgan fingerprint density at radius 3 is 2.41 bits per heavy atom. The van der Waals surface area contributed by atoms with Crippen LogP contribution in [0.1, 0.15) is 88.8 Å². The number of benzene rings is 1. The van der Waals surface area contributed by atoms with Gasteiger partial charge in [0.05, 0.1) is 5.69 Å². The number of rotatable bonds is 12. The number of piperazine rings is 1. The lowest BCUT2D eigenvalue weighted by atomic mass is 9.78. The maximum Gasteiger partial charge on any atom is 0.247 e. The largest absolute Gasteiger partial charge is 0.362 e. The second kappa shape index (κ2) is 14.7. The highest BCUT2D eigenvalue weighted by Crippen LogP contribution is 2.45. The molecule has 12 heteroatoms. The molecule has 0 unspecified atom stereocenters. The average Bonchev–Trinajstić information content (AvgIpc) is 3.79. The molecule has 0 radical (unpaired) electrons. The van der Waals surface area contributed by atoms with Gasteiger partial charge < -0.3 is 25.0 Å². The number of anilines is 2. The summed E-state index contributed by atoms with van der Waals surface area (Å²) in [5.41, 5.74) is 1.67. The van der Waals surface area contributed by atoms with E-state index in [9.17, 15) is 19.2 Å². The zero-order chi connectivity index (χ0) is 33.0. The van der Waals surface area contributed by atoms with Gasteiger partial charge in [-0.05, 0) is 62.3 Å². The average molecular weight is 639 g/mol. The molecule has 2 heterocycles. The van der Waals surface area contributed by atoms with Gasteiger partial charge in [0, 0.05) is 44.4 Å². The lowest BCUT2D eigenvalue weighted by molar-refractivity contribution is -0.138. The number of aromatic nitrogens is 1. The van der Waals surface area contributed by atoms with Crippen molar-refractivity contribution in [1.29, 1.82) is 0 Å². The van der Waals surface area contributed by atoms with E-state index in [0.29, 0.717) is 42.4 Å². The molecule has 1 aromatic heterocycles. The molecule has 46 heavy (non-hydrogen) atoms. The van der Waals surface area contributed by atoms with Crippen molar-refractivity contribution in [3.8, 4) is 0 Å². The standard InChI is InChI=1S/C34H47FN6O5/c1-5-29(43)37-30(34(45)40-16-14-39(4)15-17-40)22(3)25-12-13-27(26(35)18-25)36-33(44)32(24-8-6-21(2)7-9-24)41(20-42)28-19-46-38-31(28)23-10-11-23/h12-13,18-24,30,32H,5-11,14-17H2,1-4H3,(H,36,44)(H,37,43)/t21?,22-,24?,30+,32-/m0/s1. The molecule has 1 saturated heterocycles. The summed E-state index contributed by atoms with van der Waals surface area (Å²) in [6, 6.07) is 2.74. The number of carbonyl (C=O) groups is 4. The Kier molecular flexibility index (Phi) is 10.8. The topological polar surface area (TPSA) is 128 Å². The van der Waals surface area contributed by atoms with Crippen molar-refractivity contribution < 1.29 is 28.1 Å². The zero-order valence-electron chi connectivity index (χ0n) is 27.3. The van der Waals surface area contributed by atoms with Crippen LogP contribution >= 0.6 is 0 Å². The van der Waals surface area contributed by atoms with E-state index < -0.39 is 29.7 Å². The maximum atomic E-state index is 15.7. The molecule has 2 saturated carbocycles. The molecule has 4 amide bonds. The van der Waals surface area contributed by atoms with Gasteiger partial charge in [-0.2, -0.15) is 0 Å². The third kappa shape index (κ3) is 7.59. The number of carbonyl (C=O) groups excluding carboxylic acids is 4. The molecule has 3 fully saturated rings. The molecule has 2 aliphatic carbocycles. The lowest BCUT2D eigenvalue weighted by Crippen LogP contribution is -2.55. The van der Waals surface area contributed by atoms with Crippen LogP contribution < -0.4 is 15.5 Å². The smallest absolute Gasteiger partial charge is 0.247 e. The first kappa shape index (κ1) is 33.6. The molecule has 1 aromatic carbocycles. The zero-order valence-corrected chi connectivity index (χ0v) is 27.3. The van der Waals surface area contributed by atoms with Gasteiger partial charge in [0.2, 0.25) is 24.1 Å². The fraction of sp³-hybridized carbons (Fsp3) is 0.618. The highest BCUT2D eigenvalue weighted by molar-refractivity contribution is 6.01. The summed E-state index contributed by atoms with van der Waals surface area (Å²) in [7, 11) is 2.00. The molecule has 11 nitrogen and oxygen atoms in total. The summed E-state index contributed by atoms with van der Waals surface area (Å²) in [6.07, 6.45) is 7.58. The van der Waals surface area contributed by atoms with Crippen molar-refractivity contribution >= 4 is 35.5 Å². The molecule has 5 rings (SSSR count). The van der Waals surface area contributed by atoms with Crippen LogP contribution in [0.25, 0.3) is 0 Å². The van der Waals surface area contributed by atoms with Crippen molar-refractivity contribution in [1.82, 2.24) is 20.3 Å². The minimum absolute atomic E-state index is 0.0201. The van der Waals surface area contributed by atoms with Crippen molar-refractivity contribution in [3.63, 3.8) is 0 Å². The van der Waals surface area contributed by atoms with Gasteiger partial charge in [-0.15, -0.1) is 0 Å². The molecule has 0 spiro atoms. The molecule has 0 bridgehead atoms. The summed E-state index contributed by atoms with van der Waals surface area (Å²) >= 11 is 0. The van der Waals surface area contributed by atoms with E-state index in [-0.39, 0.29) is 35.8 Å². The van der Waals surface area contributed by atoms with Crippen LogP contribution in [0.3, 0.4) is 0 Å². The van der Waals surface area contributed by atoms with Crippen LogP contribution in [0.5, 0.6) is 0 Å². The lowest BCUT2D eigenvalue weighted by Gasteiger charge is -2.37. The summed E-state index contributed by atoms with van der Waals surface area (Å²) in [4.78, 5) is 57.9. The first-order valence-electron chi connectivity index (χ1n) is 16.7. The van der Waals surface area contributed by atoms with Gasteiger partial charge >= 0.3 is 0 Å². The molecule has 1 aliphatic heterocycles. The first-order valence-corrected chi connectivity index (χ1v) is 16.7. The molecular weight excluding hydrogens is 591 g/mol. The Hall–Kier alpha value is -3.80. The number of hydrogen-bond acceptors (Lipinski definition) is 7.